The summed E-state index contributed by atoms with van der Waals surface area (Å²) in [7, 11) is 0. The van der Waals surface area contributed by atoms with Gasteiger partial charge in [-0.2, -0.15) is 5.10 Å². The summed E-state index contributed by atoms with van der Waals surface area (Å²) in [4.78, 5) is 0. The normalized spacial score (nSPS) is 10.6. The lowest BCUT2D eigenvalue weighted by Crippen LogP contribution is -1.91. The molecule has 0 saturated heterocycles. The molecule has 3 aromatic rings. The minimum atomic E-state index is -0.312. The van der Waals surface area contributed by atoms with Crippen LogP contribution in [0.3, 0.4) is 0 Å². The van der Waals surface area contributed by atoms with E-state index in [-0.39, 0.29) is 5.82 Å². The summed E-state index contributed by atoms with van der Waals surface area (Å²) < 4.78 is 13.9. The first-order valence-corrected chi connectivity index (χ1v) is 5.91. The Hall–Kier alpha value is -2.62. The Bertz CT molecular complexity index is 704. The van der Waals surface area contributed by atoms with Gasteiger partial charge in [-0.1, -0.05) is 48.5 Å². The Kier molecular flexibility index (Phi) is 2.76. The van der Waals surface area contributed by atoms with E-state index in [1.807, 2.05) is 30.3 Å². The highest BCUT2D eigenvalue weighted by Gasteiger charge is 2.17. The minimum absolute atomic E-state index is 0.312. The molecule has 1 heterocycles. The van der Waals surface area contributed by atoms with Gasteiger partial charge in [-0.25, -0.2) is 4.39 Å². The van der Waals surface area contributed by atoms with Crippen LogP contribution in [-0.4, -0.2) is 10.2 Å². The molecule has 2 aromatic carbocycles. The Morgan fingerprint density at radius 1 is 0.947 bits per heavy atom. The van der Waals surface area contributed by atoms with Crippen LogP contribution in [0, 0.1) is 5.82 Å². The molecule has 0 unspecified atom stereocenters. The molecule has 0 aliphatic carbocycles. The van der Waals surface area contributed by atoms with Gasteiger partial charge < -0.3 is 5.73 Å². The molecule has 0 saturated carbocycles. The minimum Gasteiger partial charge on any atom is -0.384 e. The van der Waals surface area contributed by atoms with E-state index in [1.165, 1.54) is 6.07 Å². The fourth-order valence-electron chi connectivity index (χ4n) is 2.10. The van der Waals surface area contributed by atoms with Gasteiger partial charge in [-0.15, -0.1) is 0 Å². The number of H-pyrrole nitrogens is 1. The predicted octanol–water partition coefficient (Wildman–Crippen LogP) is 3.47. The van der Waals surface area contributed by atoms with Gasteiger partial charge in [0.05, 0.1) is 5.56 Å². The van der Waals surface area contributed by atoms with Gasteiger partial charge in [0.15, 0.2) is 0 Å². The molecule has 0 fully saturated rings. The molecule has 0 radical (unpaired) electrons. The topological polar surface area (TPSA) is 54.7 Å². The maximum Gasteiger partial charge on any atom is 0.131 e. The van der Waals surface area contributed by atoms with Crippen LogP contribution in [0.25, 0.3) is 22.4 Å². The number of benzene rings is 2. The van der Waals surface area contributed by atoms with Crippen molar-refractivity contribution in [2.24, 2.45) is 0 Å². The second-order valence-corrected chi connectivity index (χ2v) is 4.21. The number of hydrogen-bond acceptors (Lipinski definition) is 2. The molecule has 0 bridgehead atoms. The Balaban J connectivity index is 2.23. The fourth-order valence-corrected chi connectivity index (χ4v) is 2.10. The maximum absolute atomic E-state index is 13.9. The highest BCUT2D eigenvalue weighted by atomic mass is 19.1. The lowest BCUT2D eigenvalue weighted by molar-refractivity contribution is 0.631. The van der Waals surface area contributed by atoms with E-state index in [2.05, 4.69) is 10.2 Å². The number of nitrogens with zero attached hydrogens (tertiary/aromatic N) is 1. The molecule has 19 heavy (non-hydrogen) atoms. The molecule has 3 N–H and O–H groups in total. The molecule has 0 aliphatic rings. The van der Waals surface area contributed by atoms with Gasteiger partial charge in [0.25, 0.3) is 0 Å². The SMILES string of the molecule is Nc1[nH]nc(-c2ccccc2)c1-c1ccccc1F. The molecular formula is C15H12FN3. The van der Waals surface area contributed by atoms with Crippen molar-refractivity contribution < 1.29 is 4.39 Å². The summed E-state index contributed by atoms with van der Waals surface area (Å²) in [6.07, 6.45) is 0. The van der Waals surface area contributed by atoms with Gasteiger partial charge in [-0.3, -0.25) is 5.10 Å². The van der Waals surface area contributed by atoms with E-state index >= 15 is 0 Å². The summed E-state index contributed by atoms with van der Waals surface area (Å²) in [5, 5.41) is 6.91. The van der Waals surface area contributed by atoms with Crippen LogP contribution in [0.15, 0.2) is 54.6 Å². The number of aromatic nitrogens is 2. The molecule has 94 valence electrons. The molecule has 3 nitrogen and oxygen atoms in total. The summed E-state index contributed by atoms with van der Waals surface area (Å²) in [5.41, 5.74) is 8.50. The van der Waals surface area contributed by atoms with Crippen molar-refractivity contribution in [1.82, 2.24) is 10.2 Å². The van der Waals surface area contributed by atoms with Crippen LogP contribution in [0.5, 0.6) is 0 Å². The number of anilines is 1. The van der Waals surface area contributed by atoms with Gasteiger partial charge in [0.2, 0.25) is 0 Å². The smallest absolute Gasteiger partial charge is 0.131 e. The third-order valence-electron chi connectivity index (χ3n) is 2.98. The molecule has 1 aromatic heterocycles. The van der Waals surface area contributed by atoms with E-state index in [0.29, 0.717) is 22.6 Å². The van der Waals surface area contributed by atoms with Gasteiger partial charge in [-0.05, 0) is 6.07 Å². The number of nitrogens with one attached hydrogen (secondary N) is 1. The molecular weight excluding hydrogens is 241 g/mol. The van der Waals surface area contributed by atoms with Crippen molar-refractivity contribution in [1.29, 1.82) is 0 Å². The van der Waals surface area contributed by atoms with Crippen LogP contribution >= 0.6 is 0 Å². The average molecular weight is 253 g/mol. The van der Waals surface area contributed by atoms with Crippen LogP contribution in [0.4, 0.5) is 10.2 Å². The zero-order chi connectivity index (χ0) is 13.2. The first-order chi connectivity index (χ1) is 9.27. The number of nitrogen functional groups attached to an aromatic ring is 1. The molecule has 0 spiro atoms. The number of nitrogens with two attached hydrogens (primary N) is 1. The molecule has 0 amide bonds. The molecule has 4 heteroatoms. The van der Waals surface area contributed by atoms with Crippen LogP contribution in [-0.2, 0) is 0 Å². The van der Waals surface area contributed by atoms with Crippen LogP contribution in [0.2, 0.25) is 0 Å². The highest BCUT2D eigenvalue weighted by molar-refractivity contribution is 5.87. The van der Waals surface area contributed by atoms with E-state index in [9.17, 15) is 4.39 Å². The van der Waals surface area contributed by atoms with Crippen molar-refractivity contribution in [3.63, 3.8) is 0 Å². The van der Waals surface area contributed by atoms with Gasteiger partial charge in [0.1, 0.15) is 17.3 Å². The van der Waals surface area contributed by atoms with Crippen molar-refractivity contribution in [3.8, 4) is 22.4 Å². The summed E-state index contributed by atoms with van der Waals surface area (Å²) in [6.45, 7) is 0. The molecule has 0 aliphatic heterocycles. The number of hydrogen-bond donors (Lipinski definition) is 2. The Morgan fingerprint density at radius 2 is 1.63 bits per heavy atom. The van der Waals surface area contributed by atoms with E-state index in [4.69, 9.17) is 5.73 Å². The van der Waals surface area contributed by atoms with E-state index in [1.54, 1.807) is 18.2 Å². The van der Waals surface area contributed by atoms with Crippen LogP contribution in [0.1, 0.15) is 0 Å². The average Bonchev–Trinajstić information content (AvgIpc) is 2.82. The molecule has 0 atom stereocenters. The zero-order valence-corrected chi connectivity index (χ0v) is 10.1. The third kappa shape index (κ3) is 1.97. The Labute approximate surface area is 109 Å². The Morgan fingerprint density at radius 3 is 2.37 bits per heavy atom. The number of aromatic amines is 1. The van der Waals surface area contributed by atoms with Crippen LogP contribution < -0.4 is 5.73 Å². The van der Waals surface area contributed by atoms with Crippen molar-refractivity contribution >= 4 is 5.82 Å². The first kappa shape index (κ1) is 11.5. The first-order valence-electron chi connectivity index (χ1n) is 5.91. The van der Waals surface area contributed by atoms with Gasteiger partial charge in [0, 0.05) is 11.1 Å². The van der Waals surface area contributed by atoms with Gasteiger partial charge >= 0.3 is 0 Å². The second kappa shape index (κ2) is 4.57. The second-order valence-electron chi connectivity index (χ2n) is 4.21. The predicted molar refractivity (Wildman–Crippen MR) is 73.8 cm³/mol. The summed E-state index contributed by atoms with van der Waals surface area (Å²) in [5.74, 6) is 0.0525. The monoisotopic (exact) mass is 253 g/mol. The fraction of sp³-hybridized carbons (Fsp3) is 0. The van der Waals surface area contributed by atoms with Crippen molar-refractivity contribution in [2.45, 2.75) is 0 Å². The summed E-state index contributed by atoms with van der Waals surface area (Å²) in [6, 6.07) is 16.1. The summed E-state index contributed by atoms with van der Waals surface area (Å²) >= 11 is 0. The van der Waals surface area contributed by atoms with Crippen molar-refractivity contribution in [2.75, 3.05) is 5.73 Å². The quantitative estimate of drug-likeness (QED) is 0.734. The highest BCUT2D eigenvalue weighted by Crippen LogP contribution is 2.35. The van der Waals surface area contributed by atoms with Crippen molar-refractivity contribution in [3.05, 3.63) is 60.4 Å². The van der Waals surface area contributed by atoms with E-state index in [0.717, 1.165) is 5.56 Å². The number of halogens is 1. The lowest BCUT2D eigenvalue weighted by Gasteiger charge is -2.05. The third-order valence-corrected chi connectivity index (χ3v) is 2.98. The van der Waals surface area contributed by atoms with E-state index < -0.39 is 0 Å². The molecule has 3 rings (SSSR count). The lowest BCUT2D eigenvalue weighted by atomic mass is 10.0. The largest absolute Gasteiger partial charge is 0.384 e. The zero-order valence-electron chi connectivity index (χ0n) is 10.1. The maximum atomic E-state index is 13.9. The standard InChI is InChI=1S/C15H12FN3/c16-12-9-5-4-8-11(12)13-14(18-19-15(13)17)10-6-2-1-3-7-10/h1-9H,(H3,17,18,19). The number of rotatable bonds is 2.